The van der Waals surface area contributed by atoms with Crippen LogP contribution in [0.15, 0.2) is 45.4 Å². The Labute approximate surface area is 169 Å². The van der Waals surface area contributed by atoms with Gasteiger partial charge in [-0.05, 0) is 39.0 Å². The normalized spacial score (nSPS) is 20.6. The van der Waals surface area contributed by atoms with Gasteiger partial charge in [-0.2, -0.15) is 0 Å². The molecule has 1 spiro atoms. The van der Waals surface area contributed by atoms with Crippen LogP contribution >= 0.6 is 15.9 Å². The largest absolute Gasteiger partial charge is 0.462 e. The number of fused-ring (bicyclic) bond motifs is 2. The fraction of sp³-hybridized carbons (Fsp3) is 0.316. The number of rotatable bonds is 4. The predicted molar refractivity (Wildman–Crippen MR) is 103 cm³/mol. The van der Waals surface area contributed by atoms with E-state index in [2.05, 4.69) is 21.2 Å². The molecule has 0 saturated heterocycles. The van der Waals surface area contributed by atoms with E-state index in [4.69, 9.17) is 19.9 Å². The van der Waals surface area contributed by atoms with Crippen LogP contribution in [-0.2, 0) is 34.0 Å². The van der Waals surface area contributed by atoms with Crippen molar-refractivity contribution in [3.8, 4) is 0 Å². The summed E-state index contributed by atoms with van der Waals surface area (Å²) >= 11 is 3.37. The molecule has 1 atom stereocenters. The number of cyclic esters (lactones) is 1. The molecule has 2 aliphatic rings. The van der Waals surface area contributed by atoms with Crippen molar-refractivity contribution in [3.05, 3.63) is 51.0 Å². The minimum absolute atomic E-state index is 0.0471. The lowest BCUT2D eigenvalue weighted by molar-refractivity contribution is -0.147. The van der Waals surface area contributed by atoms with Crippen LogP contribution in [0.1, 0.15) is 26.3 Å². The maximum absolute atomic E-state index is 13.2. The zero-order valence-corrected chi connectivity index (χ0v) is 17.1. The Hall–Kier alpha value is -2.81. The van der Waals surface area contributed by atoms with E-state index < -0.39 is 23.3 Å². The zero-order chi connectivity index (χ0) is 20.6. The number of ether oxygens (including phenoxy) is 3. The van der Waals surface area contributed by atoms with Gasteiger partial charge in [-0.3, -0.25) is 0 Å². The van der Waals surface area contributed by atoms with Gasteiger partial charge in [-0.15, -0.1) is 0 Å². The van der Waals surface area contributed by atoms with E-state index in [0.29, 0.717) is 15.7 Å². The molecule has 0 radical (unpaired) electrons. The van der Waals surface area contributed by atoms with E-state index >= 15 is 0 Å². The van der Waals surface area contributed by atoms with Crippen molar-refractivity contribution < 1.29 is 28.6 Å². The SMILES string of the molecule is CCOC(=O)C1=C(N)Nc2ccc(Br)cc2[C@@]12C(=O)OC(C)=C2C(=O)OCC. The number of allylic oxidation sites excluding steroid dienone is 1. The minimum atomic E-state index is -1.89. The third-order valence-corrected chi connectivity index (χ3v) is 5.03. The second kappa shape index (κ2) is 7.31. The summed E-state index contributed by atoms with van der Waals surface area (Å²) in [4.78, 5) is 38.9. The number of esters is 3. The van der Waals surface area contributed by atoms with Gasteiger partial charge in [0.15, 0.2) is 5.41 Å². The van der Waals surface area contributed by atoms with Crippen molar-refractivity contribution in [1.29, 1.82) is 0 Å². The van der Waals surface area contributed by atoms with Crippen LogP contribution in [-0.4, -0.2) is 31.1 Å². The lowest BCUT2D eigenvalue weighted by Gasteiger charge is -2.36. The van der Waals surface area contributed by atoms with E-state index in [1.54, 1.807) is 32.0 Å². The first-order valence-corrected chi connectivity index (χ1v) is 9.43. The van der Waals surface area contributed by atoms with Gasteiger partial charge in [0.25, 0.3) is 0 Å². The smallest absolute Gasteiger partial charge is 0.339 e. The van der Waals surface area contributed by atoms with Crippen LogP contribution in [0.2, 0.25) is 0 Å². The van der Waals surface area contributed by atoms with Crippen molar-refractivity contribution in [2.45, 2.75) is 26.2 Å². The molecule has 1 aromatic rings. The standard InChI is InChI=1S/C19H19BrN2O6/c1-4-26-16(23)13-9(3)28-18(25)19(13)11-8-10(20)6-7-12(11)22-15(21)14(19)17(24)27-5-2/h6-8,22H,4-5,21H2,1-3H3/t19-/m0/s1. The molecule has 0 unspecified atom stereocenters. The van der Waals surface area contributed by atoms with Crippen LogP contribution in [0, 0.1) is 0 Å². The summed E-state index contributed by atoms with van der Waals surface area (Å²) in [7, 11) is 0. The van der Waals surface area contributed by atoms with Crippen molar-refractivity contribution in [2.75, 3.05) is 18.5 Å². The van der Waals surface area contributed by atoms with Crippen LogP contribution < -0.4 is 11.1 Å². The molecular weight excluding hydrogens is 432 g/mol. The molecule has 0 fully saturated rings. The van der Waals surface area contributed by atoms with Gasteiger partial charge in [0.2, 0.25) is 0 Å². The lowest BCUT2D eigenvalue weighted by Crippen LogP contribution is -2.47. The van der Waals surface area contributed by atoms with Crippen LogP contribution in [0.4, 0.5) is 5.69 Å². The number of benzene rings is 1. The second-order valence-corrected chi connectivity index (χ2v) is 7.03. The summed E-state index contributed by atoms with van der Waals surface area (Å²) < 4.78 is 16.3. The highest BCUT2D eigenvalue weighted by Gasteiger charge is 2.62. The van der Waals surface area contributed by atoms with Gasteiger partial charge in [-0.1, -0.05) is 15.9 Å². The van der Waals surface area contributed by atoms with Crippen LogP contribution in [0.25, 0.3) is 0 Å². The van der Waals surface area contributed by atoms with Crippen LogP contribution in [0.5, 0.6) is 0 Å². The Balaban J connectivity index is 2.40. The number of anilines is 1. The number of carbonyl (C=O) groups excluding carboxylic acids is 3. The van der Waals surface area contributed by atoms with Gasteiger partial charge < -0.3 is 25.3 Å². The molecule has 0 bridgehead atoms. The summed E-state index contributed by atoms with van der Waals surface area (Å²) in [6.07, 6.45) is 0. The Morgan fingerprint density at radius 1 is 1.18 bits per heavy atom. The third kappa shape index (κ3) is 2.77. The van der Waals surface area contributed by atoms with Gasteiger partial charge >= 0.3 is 17.9 Å². The number of hydrogen-bond donors (Lipinski definition) is 2. The van der Waals surface area contributed by atoms with Crippen molar-refractivity contribution >= 4 is 39.5 Å². The molecule has 0 aromatic heterocycles. The third-order valence-electron chi connectivity index (χ3n) is 4.54. The molecule has 2 aliphatic heterocycles. The molecule has 8 nitrogen and oxygen atoms in total. The summed E-state index contributed by atoms with van der Waals surface area (Å²) in [6, 6.07) is 5.05. The second-order valence-electron chi connectivity index (χ2n) is 6.12. The molecule has 3 rings (SSSR count). The molecule has 148 valence electrons. The highest BCUT2D eigenvalue weighted by Crippen LogP contribution is 2.53. The van der Waals surface area contributed by atoms with E-state index in [1.165, 1.54) is 6.92 Å². The predicted octanol–water partition coefficient (Wildman–Crippen LogP) is 2.24. The summed E-state index contributed by atoms with van der Waals surface area (Å²) in [5, 5.41) is 2.91. The minimum Gasteiger partial charge on any atom is -0.462 e. The molecule has 9 heteroatoms. The summed E-state index contributed by atoms with van der Waals surface area (Å²) in [6.45, 7) is 4.88. The fourth-order valence-corrected chi connectivity index (χ4v) is 3.91. The van der Waals surface area contributed by atoms with Crippen molar-refractivity contribution in [3.63, 3.8) is 0 Å². The van der Waals surface area contributed by atoms with E-state index in [1.807, 2.05) is 0 Å². The van der Waals surface area contributed by atoms with Gasteiger partial charge in [0.05, 0.1) is 13.2 Å². The van der Waals surface area contributed by atoms with E-state index in [-0.39, 0.29) is 35.9 Å². The average Bonchev–Trinajstić information content (AvgIpc) is 2.87. The molecular formula is C19H19BrN2O6. The average molecular weight is 451 g/mol. The van der Waals surface area contributed by atoms with Gasteiger partial charge in [-0.25, -0.2) is 14.4 Å². The quantitative estimate of drug-likeness (QED) is 0.529. The first kappa shape index (κ1) is 19.9. The molecule has 2 heterocycles. The number of halogens is 1. The monoisotopic (exact) mass is 450 g/mol. The maximum atomic E-state index is 13.2. The fourth-order valence-electron chi connectivity index (χ4n) is 3.55. The Kier molecular flexibility index (Phi) is 5.20. The number of hydrogen-bond acceptors (Lipinski definition) is 8. The van der Waals surface area contributed by atoms with Crippen molar-refractivity contribution in [2.24, 2.45) is 5.73 Å². The molecule has 0 saturated carbocycles. The lowest BCUT2D eigenvalue weighted by atomic mass is 9.67. The molecule has 0 aliphatic carbocycles. The maximum Gasteiger partial charge on any atom is 0.339 e. The first-order valence-electron chi connectivity index (χ1n) is 8.64. The number of carbonyl (C=O) groups is 3. The zero-order valence-electron chi connectivity index (χ0n) is 15.6. The summed E-state index contributed by atoms with van der Waals surface area (Å²) in [5.41, 5.74) is 4.75. The Morgan fingerprint density at radius 3 is 2.39 bits per heavy atom. The van der Waals surface area contributed by atoms with Crippen molar-refractivity contribution in [1.82, 2.24) is 0 Å². The highest BCUT2D eigenvalue weighted by atomic mass is 79.9. The molecule has 28 heavy (non-hydrogen) atoms. The van der Waals surface area contributed by atoms with Gasteiger partial charge in [0, 0.05) is 15.7 Å². The molecule has 3 N–H and O–H groups in total. The number of nitrogens with one attached hydrogen (secondary N) is 1. The Morgan fingerprint density at radius 2 is 1.79 bits per heavy atom. The first-order chi connectivity index (χ1) is 13.3. The topological polar surface area (TPSA) is 117 Å². The number of nitrogens with two attached hydrogens (primary N) is 1. The molecule has 1 aromatic carbocycles. The highest BCUT2D eigenvalue weighted by molar-refractivity contribution is 9.10. The van der Waals surface area contributed by atoms with Gasteiger partial charge in [0.1, 0.15) is 22.7 Å². The summed E-state index contributed by atoms with van der Waals surface area (Å²) in [5.74, 6) is -2.47. The molecule has 0 amide bonds. The van der Waals surface area contributed by atoms with E-state index in [9.17, 15) is 14.4 Å². The van der Waals surface area contributed by atoms with Crippen LogP contribution in [0.3, 0.4) is 0 Å². The Bertz CT molecular complexity index is 952. The van der Waals surface area contributed by atoms with E-state index in [0.717, 1.165) is 0 Å².